The van der Waals surface area contributed by atoms with Gasteiger partial charge >= 0.3 is 0 Å². The molecule has 0 saturated heterocycles. The maximum absolute atomic E-state index is 12.7. The van der Waals surface area contributed by atoms with Gasteiger partial charge in [0.1, 0.15) is 0 Å². The van der Waals surface area contributed by atoms with Crippen molar-refractivity contribution in [2.45, 2.75) is 6.92 Å². The molecule has 0 fully saturated rings. The molecule has 0 aliphatic heterocycles. The highest BCUT2D eigenvalue weighted by atomic mass is 19.2. The maximum atomic E-state index is 12.7. The van der Waals surface area contributed by atoms with E-state index in [1.807, 2.05) is 19.1 Å². The lowest BCUT2D eigenvalue weighted by molar-refractivity contribution is 0.509. The monoisotopic (exact) mass is 183 g/mol. The van der Waals surface area contributed by atoms with E-state index in [1.165, 1.54) is 6.07 Å². The molecule has 0 aliphatic rings. The van der Waals surface area contributed by atoms with Crippen LogP contribution in [0.3, 0.4) is 0 Å². The van der Waals surface area contributed by atoms with Gasteiger partial charge in [-0.05, 0) is 19.1 Å². The van der Waals surface area contributed by atoms with Crippen molar-refractivity contribution in [1.29, 1.82) is 0 Å². The Bertz CT molecular complexity index is 308. The Morgan fingerprint density at radius 1 is 1.31 bits per heavy atom. The Kier molecular flexibility index (Phi) is 3.43. The molecule has 1 aromatic rings. The Balaban J connectivity index is 2.63. The summed E-state index contributed by atoms with van der Waals surface area (Å²) in [4.78, 5) is 0. The summed E-state index contributed by atoms with van der Waals surface area (Å²) in [6, 6.07) is 3.74. The summed E-state index contributed by atoms with van der Waals surface area (Å²) < 4.78 is 25.1. The lowest BCUT2D eigenvalue weighted by Gasteiger charge is -2.02. The molecule has 13 heavy (non-hydrogen) atoms. The molecule has 1 aromatic carbocycles. The molecule has 3 heteroatoms. The van der Waals surface area contributed by atoms with Crippen molar-refractivity contribution < 1.29 is 8.78 Å². The van der Waals surface area contributed by atoms with Gasteiger partial charge in [0.05, 0.1) is 0 Å². The first kappa shape index (κ1) is 9.71. The van der Waals surface area contributed by atoms with Gasteiger partial charge in [0, 0.05) is 18.3 Å². The Labute approximate surface area is 76.1 Å². The van der Waals surface area contributed by atoms with Crippen LogP contribution < -0.4 is 5.32 Å². The number of halogens is 2. The van der Waals surface area contributed by atoms with E-state index >= 15 is 0 Å². The van der Waals surface area contributed by atoms with Crippen LogP contribution in [0.25, 0.3) is 0 Å². The molecule has 0 heterocycles. The average Bonchev–Trinajstić information content (AvgIpc) is 2.12. The third-order valence-electron chi connectivity index (χ3n) is 1.58. The maximum Gasteiger partial charge on any atom is 0.160 e. The quantitative estimate of drug-likeness (QED) is 0.710. The van der Waals surface area contributed by atoms with Crippen LogP contribution >= 0.6 is 0 Å². The first-order valence-electron chi connectivity index (χ1n) is 4.04. The van der Waals surface area contributed by atoms with Crippen molar-refractivity contribution in [3.63, 3.8) is 0 Å². The zero-order valence-corrected chi connectivity index (χ0v) is 7.35. The SMILES string of the molecule is C/C=C/CNc1ccc(F)c(F)c1. The van der Waals surface area contributed by atoms with Gasteiger partial charge in [0.25, 0.3) is 0 Å². The van der Waals surface area contributed by atoms with Gasteiger partial charge in [-0.25, -0.2) is 8.78 Å². The second kappa shape index (κ2) is 4.60. The molecule has 0 saturated carbocycles. The van der Waals surface area contributed by atoms with E-state index in [4.69, 9.17) is 0 Å². The van der Waals surface area contributed by atoms with Gasteiger partial charge in [-0.15, -0.1) is 0 Å². The molecule has 0 atom stereocenters. The van der Waals surface area contributed by atoms with E-state index in [-0.39, 0.29) is 0 Å². The van der Waals surface area contributed by atoms with E-state index < -0.39 is 11.6 Å². The van der Waals surface area contributed by atoms with E-state index in [0.29, 0.717) is 12.2 Å². The first-order valence-corrected chi connectivity index (χ1v) is 4.04. The van der Waals surface area contributed by atoms with Gasteiger partial charge < -0.3 is 5.32 Å². The molecule has 1 nitrogen and oxygen atoms in total. The summed E-state index contributed by atoms with van der Waals surface area (Å²) in [5, 5.41) is 2.92. The highest BCUT2D eigenvalue weighted by molar-refractivity contribution is 5.43. The summed E-state index contributed by atoms with van der Waals surface area (Å²) in [6.45, 7) is 2.51. The second-order valence-corrected chi connectivity index (χ2v) is 2.58. The molecule has 0 spiro atoms. The van der Waals surface area contributed by atoms with E-state index in [9.17, 15) is 8.78 Å². The van der Waals surface area contributed by atoms with Crippen LogP contribution in [-0.4, -0.2) is 6.54 Å². The lowest BCUT2D eigenvalue weighted by atomic mass is 10.3. The standard InChI is InChI=1S/C10H11F2N/c1-2-3-6-13-8-4-5-9(11)10(12)7-8/h2-5,7,13H,6H2,1H3/b3-2+. The molecule has 1 rings (SSSR count). The summed E-state index contributed by atoms with van der Waals surface area (Å²) in [5.74, 6) is -1.65. The molecule has 0 radical (unpaired) electrons. The predicted molar refractivity (Wildman–Crippen MR) is 49.7 cm³/mol. The van der Waals surface area contributed by atoms with Crippen LogP contribution in [0.1, 0.15) is 6.92 Å². The highest BCUT2D eigenvalue weighted by Crippen LogP contribution is 2.12. The fourth-order valence-electron chi connectivity index (χ4n) is 0.901. The smallest absolute Gasteiger partial charge is 0.160 e. The summed E-state index contributed by atoms with van der Waals surface area (Å²) in [5.41, 5.74) is 0.581. The van der Waals surface area contributed by atoms with Crippen molar-refractivity contribution in [2.24, 2.45) is 0 Å². The minimum atomic E-state index is -0.828. The highest BCUT2D eigenvalue weighted by Gasteiger charge is 2.00. The van der Waals surface area contributed by atoms with Crippen LogP contribution in [0.15, 0.2) is 30.4 Å². The zero-order valence-electron chi connectivity index (χ0n) is 7.35. The normalized spacial score (nSPS) is 10.7. The summed E-state index contributed by atoms with van der Waals surface area (Å²) in [7, 11) is 0. The Morgan fingerprint density at radius 3 is 2.69 bits per heavy atom. The summed E-state index contributed by atoms with van der Waals surface area (Å²) >= 11 is 0. The number of nitrogens with one attached hydrogen (secondary N) is 1. The lowest BCUT2D eigenvalue weighted by Crippen LogP contribution is -1.98. The fraction of sp³-hybridized carbons (Fsp3) is 0.200. The second-order valence-electron chi connectivity index (χ2n) is 2.58. The molecule has 0 amide bonds. The molecule has 0 unspecified atom stereocenters. The molecule has 0 aliphatic carbocycles. The van der Waals surface area contributed by atoms with Gasteiger partial charge in [-0.3, -0.25) is 0 Å². The van der Waals surface area contributed by atoms with E-state index in [2.05, 4.69) is 5.32 Å². The third-order valence-corrected chi connectivity index (χ3v) is 1.58. The first-order chi connectivity index (χ1) is 6.24. The molecular formula is C10H11F2N. The van der Waals surface area contributed by atoms with Crippen LogP contribution in [0.4, 0.5) is 14.5 Å². The van der Waals surface area contributed by atoms with Gasteiger partial charge in [0.15, 0.2) is 11.6 Å². The van der Waals surface area contributed by atoms with Gasteiger partial charge in [-0.2, -0.15) is 0 Å². The molecule has 1 N–H and O–H groups in total. The Hall–Kier alpha value is -1.38. The number of rotatable bonds is 3. The van der Waals surface area contributed by atoms with Crippen molar-refractivity contribution >= 4 is 5.69 Å². The van der Waals surface area contributed by atoms with Crippen LogP contribution in [-0.2, 0) is 0 Å². The van der Waals surface area contributed by atoms with Crippen LogP contribution in [0, 0.1) is 11.6 Å². The fourth-order valence-corrected chi connectivity index (χ4v) is 0.901. The third kappa shape index (κ3) is 2.86. The van der Waals surface area contributed by atoms with Crippen molar-refractivity contribution in [3.8, 4) is 0 Å². The zero-order chi connectivity index (χ0) is 9.68. The molecule has 0 aromatic heterocycles. The number of hydrogen-bond acceptors (Lipinski definition) is 1. The topological polar surface area (TPSA) is 12.0 Å². The Morgan fingerprint density at radius 2 is 2.08 bits per heavy atom. The van der Waals surface area contributed by atoms with Crippen LogP contribution in [0.2, 0.25) is 0 Å². The van der Waals surface area contributed by atoms with Gasteiger partial charge in [0.2, 0.25) is 0 Å². The molecular weight excluding hydrogens is 172 g/mol. The average molecular weight is 183 g/mol. The minimum absolute atomic E-state index is 0.581. The number of anilines is 1. The summed E-state index contributed by atoms with van der Waals surface area (Å²) in [6.07, 6.45) is 3.77. The van der Waals surface area contributed by atoms with E-state index in [0.717, 1.165) is 12.1 Å². The van der Waals surface area contributed by atoms with Crippen molar-refractivity contribution in [3.05, 3.63) is 42.0 Å². The van der Waals surface area contributed by atoms with E-state index in [1.54, 1.807) is 0 Å². The van der Waals surface area contributed by atoms with Crippen molar-refractivity contribution in [2.75, 3.05) is 11.9 Å². The number of allylic oxidation sites excluding steroid dienone is 1. The largest absolute Gasteiger partial charge is 0.381 e. The number of benzene rings is 1. The van der Waals surface area contributed by atoms with Gasteiger partial charge in [-0.1, -0.05) is 12.2 Å². The van der Waals surface area contributed by atoms with Crippen LogP contribution in [0.5, 0.6) is 0 Å². The van der Waals surface area contributed by atoms with Crippen molar-refractivity contribution in [1.82, 2.24) is 0 Å². The number of hydrogen-bond donors (Lipinski definition) is 1. The minimum Gasteiger partial charge on any atom is -0.381 e. The molecule has 0 bridgehead atoms. The predicted octanol–water partition coefficient (Wildman–Crippen LogP) is 2.95. The molecule has 70 valence electrons.